The fourth-order valence-electron chi connectivity index (χ4n) is 4.67. The Morgan fingerprint density at radius 1 is 1.10 bits per heavy atom. The zero-order valence-electron chi connectivity index (χ0n) is 19.0. The Balaban J connectivity index is 1.63. The molecule has 1 amide bonds. The van der Waals surface area contributed by atoms with Gasteiger partial charge in [-0.15, -0.1) is 0 Å². The Kier molecular flexibility index (Phi) is 7.82. The van der Waals surface area contributed by atoms with Gasteiger partial charge in [0, 0.05) is 38.3 Å². The van der Waals surface area contributed by atoms with E-state index in [0.717, 1.165) is 12.0 Å². The van der Waals surface area contributed by atoms with Gasteiger partial charge in [-0.05, 0) is 49.3 Å². The second-order valence-electron chi connectivity index (χ2n) is 8.86. The van der Waals surface area contributed by atoms with E-state index >= 15 is 0 Å². The quantitative estimate of drug-likeness (QED) is 0.684. The zero-order valence-corrected chi connectivity index (χ0v) is 19.8. The van der Waals surface area contributed by atoms with Gasteiger partial charge in [0.15, 0.2) is 0 Å². The molecule has 1 aromatic carbocycles. The van der Waals surface area contributed by atoms with Crippen molar-refractivity contribution in [3.8, 4) is 11.5 Å². The van der Waals surface area contributed by atoms with E-state index in [1.54, 1.807) is 30.7 Å². The maximum Gasteiger partial charge on any atom is 0.282 e. The molecule has 2 aliphatic heterocycles. The van der Waals surface area contributed by atoms with Gasteiger partial charge in [-0.3, -0.25) is 4.79 Å². The van der Waals surface area contributed by atoms with Crippen LogP contribution in [0.2, 0.25) is 0 Å². The summed E-state index contributed by atoms with van der Waals surface area (Å²) in [6.07, 6.45) is 2.41. The molecule has 0 unspecified atom stereocenters. The minimum absolute atomic E-state index is 0.134. The molecule has 174 valence electrons. The van der Waals surface area contributed by atoms with Crippen LogP contribution < -0.4 is 14.8 Å². The van der Waals surface area contributed by atoms with Crippen LogP contribution in [0.15, 0.2) is 18.2 Å². The lowest BCUT2D eigenvalue weighted by Gasteiger charge is -2.39. The third-order valence-corrected chi connectivity index (χ3v) is 8.12. The summed E-state index contributed by atoms with van der Waals surface area (Å²) >= 11 is 0. The highest BCUT2D eigenvalue weighted by molar-refractivity contribution is 7.86. The van der Waals surface area contributed by atoms with Crippen LogP contribution in [0.4, 0.5) is 0 Å². The summed E-state index contributed by atoms with van der Waals surface area (Å²) in [5, 5.41) is 2.95. The van der Waals surface area contributed by atoms with E-state index in [0.29, 0.717) is 62.4 Å². The van der Waals surface area contributed by atoms with Crippen molar-refractivity contribution >= 4 is 16.1 Å². The molecule has 1 N–H and O–H groups in total. The SMILES string of the molecule is COc1ccc(OC)c(CNC(=O)[C@H]2CCCN(S(=O)(=O)N3C[C@H](C)C[C@H](C)C3)C2)c1. The lowest BCUT2D eigenvalue weighted by molar-refractivity contribution is -0.126. The van der Waals surface area contributed by atoms with Gasteiger partial charge >= 0.3 is 0 Å². The highest BCUT2D eigenvalue weighted by Gasteiger charge is 2.38. The van der Waals surface area contributed by atoms with Gasteiger partial charge in [-0.25, -0.2) is 0 Å². The number of ether oxygens (including phenoxy) is 2. The third-order valence-electron chi connectivity index (χ3n) is 6.18. The second-order valence-corrected chi connectivity index (χ2v) is 10.8. The van der Waals surface area contributed by atoms with Gasteiger partial charge in [0.2, 0.25) is 5.91 Å². The predicted molar refractivity (Wildman–Crippen MR) is 119 cm³/mol. The fraction of sp³-hybridized carbons (Fsp3) is 0.682. The first kappa shape index (κ1) is 23.8. The third kappa shape index (κ3) is 5.70. The Morgan fingerprint density at radius 2 is 1.81 bits per heavy atom. The van der Waals surface area contributed by atoms with Crippen LogP contribution in [0.3, 0.4) is 0 Å². The average Bonchev–Trinajstić information content (AvgIpc) is 2.76. The number of benzene rings is 1. The van der Waals surface area contributed by atoms with E-state index in [9.17, 15) is 13.2 Å². The van der Waals surface area contributed by atoms with Gasteiger partial charge in [0.25, 0.3) is 10.2 Å². The van der Waals surface area contributed by atoms with Crippen LogP contribution in [-0.2, 0) is 21.5 Å². The standard InChI is InChI=1S/C22H35N3O5S/c1-16-10-17(2)14-25(13-16)31(27,28)24-9-5-6-18(15-24)22(26)23-12-19-11-20(29-3)7-8-21(19)30-4/h7-8,11,16-18H,5-6,9-10,12-15H2,1-4H3,(H,23,26)/t16-,17+,18-/m0/s1. The van der Waals surface area contributed by atoms with E-state index in [4.69, 9.17) is 9.47 Å². The summed E-state index contributed by atoms with van der Waals surface area (Å²) in [7, 11) is -0.383. The monoisotopic (exact) mass is 453 g/mol. The number of nitrogens with zero attached hydrogens (tertiary/aromatic N) is 2. The lowest BCUT2D eigenvalue weighted by atomic mass is 9.94. The predicted octanol–water partition coefficient (Wildman–Crippen LogP) is 2.25. The lowest BCUT2D eigenvalue weighted by Crippen LogP contribution is -2.53. The van der Waals surface area contributed by atoms with E-state index in [2.05, 4.69) is 19.2 Å². The van der Waals surface area contributed by atoms with Crippen molar-refractivity contribution in [1.29, 1.82) is 0 Å². The summed E-state index contributed by atoms with van der Waals surface area (Å²) in [6.45, 7) is 6.28. The minimum atomic E-state index is -3.55. The van der Waals surface area contributed by atoms with Crippen LogP contribution in [-0.4, -0.2) is 63.3 Å². The van der Waals surface area contributed by atoms with Crippen LogP contribution in [0.5, 0.6) is 11.5 Å². The Hall–Kier alpha value is -1.84. The minimum Gasteiger partial charge on any atom is -0.497 e. The van der Waals surface area contributed by atoms with Crippen molar-refractivity contribution in [2.45, 2.75) is 39.7 Å². The second kappa shape index (κ2) is 10.2. The number of hydrogen-bond donors (Lipinski definition) is 1. The summed E-state index contributed by atoms with van der Waals surface area (Å²) in [5.74, 6) is 1.55. The molecule has 3 rings (SSSR count). The van der Waals surface area contributed by atoms with Crippen molar-refractivity contribution in [3.05, 3.63) is 23.8 Å². The molecule has 2 heterocycles. The molecular formula is C22H35N3O5S. The number of rotatable bonds is 7. The van der Waals surface area contributed by atoms with Crippen LogP contribution >= 0.6 is 0 Å². The number of hydrogen-bond acceptors (Lipinski definition) is 5. The highest BCUT2D eigenvalue weighted by Crippen LogP contribution is 2.28. The Morgan fingerprint density at radius 3 is 2.45 bits per heavy atom. The number of amides is 1. The number of piperidine rings is 2. The first-order valence-electron chi connectivity index (χ1n) is 11.0. The van der Waals surface area contributed by atoms with E-state index < -0.39 is 10.2 Å². The van der Waals surface area contributed by atoms with Gasteiger partial charge in [0.1, 0.15) is 11.5 Å². The maximum absolute atomic E-state index is 13.2. The number of nitrogens with one attached hydrogen (secondary N) is 1. The molecule has 1 aromatic rings. The maximum atomic E-state index is 13.2. The fourth-order valence-corrected chi connectivity index (χ4v) is 6.61. The summed E-state index contributed by atoms with van der Waals surface area (Å²) in [4.78, 5) is 12.9. The molecule has 8 nitrogen and oxygen atoms in total. The normalized spacial score (nSPS) is 25.7. The van der Waals surface area contributed by atoms with Crippen molar-refractivity contribution in [1.82, 2.24) is 13.9 Å². The average molecular weight is 454 g/mol. The highest BCUT2D eigenvalue weighted by atomic mass is 32.2. The molecule has 0 aromatic heterocycles. The first-order valence-corrected chi connectivity index (χ1v) is 12.4. The van der Waals surface area contributed by atoms with Crippen molar-refractivity contribution < 1.29 is 22.7 Å². The molecule has 9 heteroatoms. The van der Waals surface area contributed by atoms with Crippen molar-refractivity contribution in [3.63, 3.8) is 0 Å². The van der Waals surface area contributed by atoms with Gasteiger partial charge in [0.05, 0.1) is 20.1 Å². The molecule has 0 aliphatic carbocycles. The van der Waals surface area contributed by atoms with Crippen LogP contribution in [0.1, 0.15) is 38.7 Å². The summed E-state index contributed by atoms with van der Waals surface area (Å²) in [5.41, 5.74) is 0.812. The summed E-state index contributed by atoms with van der Waals surface area (Å²) in [6, 6.07) is 5.43. The van der Waals surface area contributed by atoms with Crippen LogP contribution in [0.25, 0.3) is 0 Å². The zero-order chi connectivity index (χ0) is 22.6. The molecule has 2 aliphatic rings. The van der Waals surface area contributed by atoms with Crippen molar-refractivity contribution in [2.24, 2.45) is 17.8 Å². The smallest absolute Gasteiger partial charge is 0.282 e. The van der Waals surface area contributed by atoms with Gasteiger partial charge in [-0.2, -0.15) is 17.0 Å². The molecule has 0 spiro atoms. The molecule has 3 atom stereocenters. The Bertz CT molecular complexity index is 866. The topological polar surface area (TPSA) is 88.2 Å². The van der Waals surface area contributed by atoms with Gasteiger partial charge < -0.3 is 14.8 Å². The molecule has 0 radical (unpaired) electrons. The molecular weight excluding hydrogens is 418 g/mol. The molecule has 0 saturated carbocycles. The molecule has 0 bridgehead atoms. The van der Waals surface area contributed by atoms with Gasteiger partial charge in [-0.1, -0.05) is 13.8 Å². The van der Waals surface area contributed by atoms with Crippen LogP contribution in [0, 0.1) is 17.8 Å². The van der Waals surface area contributed by atoms with E-state index in [1.807, 2.05) is 6.07 Å². The largest absolute Gasteiger partial charge is 0.497 e. The molecule has 2 saturated heterocycles. The van der Waals surface area contributed by atoms with E-state index in [-0.39, 0.29) is 18.4 Å². The molecule has 31 heavy (non-hydrogen) atoms. The number of methoxy groups -OCH3 is 2. The Labute approximate surface area is 186 Å². The first-order chi connectivity index (χ1) is 14.7. The van der Waals surface area contributed by atoms with Crippen molar-refractivity contribution in [2.75, 3.05) is 40.4 Å². The summed E-state index contributed by atoms with van der Waals surface area (Å²) < 4.78 is 40.2. The van der Waals surface area contributed by atoms with E-state index in [1.165, 1.54) is 4.31 Å². The number of carbonyl (C=O) groups excluding carboxylic acids is 1. The molecule has 2 fully saturated rings. The number of carbonyl (C=O) groups is 1.